The highest BCUT2D eigenvalue weighted by Crippen LogP contribution is 2.45. The van der Waals surface area contributed by atoms with Crippen molar-refractivity contribution < 1.29 is 15.3 Å². The van der Waals surface area contributed by atoms with Crippen LogP contribution in [0.4, 0.5) is 0 Å². The maximum atomic E-state index is 9.88. The van der Waals surface area contributed by atoms with Crippen molar-refractivity contribution in [1.82, 2.24) is 0 Å². The minimum Gasteiger partial charge on any atom is -0.396 e. The number of aliphatic hydroxyl groups excluding tert-OH is 3. The fourth-order valence-electron chi connectivity index (χ4n) is 2.57. The molecule has 0 amide bonds. The molecular weight excluding hydrogens is 180 g/mol. The molecule has 3 nitrogen and oxygen atoms in total. The van der Waals surface area contributed by atoms with Gasteiger partial charge in [-0.1, -0.05) is 24.3 Å². The quantitative estimate of drug-likeness (QED) is 0.526. The van der Waals surface area contributed by atoms with Gasteiger partial charge in [-0.2, -0.15) is 0 Å². The maximum absolute atomic E-state index is 9.88. The van der Waals surface area contributed by atoms with E-state index in [0.29, 0.717) is 6.42 Å². The van der Waals surface area contributed by atoms with Crippen LogP contribution in [0.25, 0.3) is 0 Å². The zero-order valence-electron chi connectivity index (χ0n) is 8.00. The Hall–Kier alpha value is -0.640. The molecule has 0 aliphatic heterocycles. The highest BCUT2D eigenvalue weighted by molar-refractivity contribution is 5.18. The van der Waals surface area contributed by atoms with Gasteiger partial charge in [0.1, 0.15) is 0 Å². The van der Waals surface area contributed by atoms with Gasteiger partial charge in [-0.25, -0.2) is 0 Å². The van der Waals surface area contributed by atoms with Gasteiger partial charge in [0, 0.05) is 11.3 Å². The summed E-state index contributed by atoms with van der Waals surface area (Å²) in [6.07, 6.45) is 7.37. The molecule has 78 valence electrons. The van der Waals surface area contributed by atoms with Crippen molar-refractivity contribution in [2.45, 2.75) is 25.0 Å². The van der Waals surface area contributed by atoms with Crippen LogP contribution < -0.4 is 0 Å². The van der Waals surface area contributed by atoms with E-state index < -0.39 is 17.6 Å². The fourth-order valence-corrected chi connectivity index (χ4v) is 2.57. The molecule has 0 aromatic rings. The molecule has 2 rings (SSSR count). The van der Waals surface area contributed by atoms with Gasteiger partial charge in [0.05, 0.1) is 18.8 Å². The predicted molar refractivity (Wildman–Crippen MR) is 52.5 cm³/mol. The minimum atomic E-state index is -0.647. The van der Waals surface area contributed by atoms with E-state index in [1.54, 1.807) is 12.2 Å². The van der Waals surface area contributed by atoms with E-state index in [1.165, 1.54) is 0 Å². The number of hydrogen-bond donors (Lipinski definition) is 3. The average Bonchev–Trinajstić information content (AvgIpc) is 2.24. The van der Waals surface area contributed by atoms with E-state index in [2.05, 4.69) is 0 Å². The molecule has 3 heteroatoms. The molecule has 2 aliphatic carbocycles. The molecule has 0 aromatic carbocycles. The third-order valence-corrected chi connectivity index (χ3v) is 3.58. The van der Waals surface area contributed by atoms with E-state index >= 15 is 0 Å². The zero-order valence-corrected chi connectivity index (χ0v) is 8.00. The van der Waals surface area contributed by atoms with Gasteiger partial charge < -0.3 is 15.3 Å². The van der Waals surface area contributed by atoms with E-state index in [0.717, 1.165) is 6.42 Å². The zero-order chi connectivity index (χ0) is 10.2. The summed E-state index contributed by atoms with van der Waals surface area (Å²) in [5, 5.41) is 29.1. The standard InChI is InChI=1S/C11H16O3/c12-7-11-6-2-1-3-8(11)9(13)4-5-10(11)14/h1-2,4-5,8-10,12-14H,3,6-7H2. The highest BCUT2D eigenvalue weighted by atomic mass is 16.3. The smallest absolute Gasteiger partial charge is 0.0806 e. The van der Waals surface area contributed by atoms with Crippen LogP contribution in [0.2, 0.25) is 0 Å². The SMILES string of the molecule is OCC12CC=CCC1C(O)C=CC2O. The van der Waals surface area contributed by atoms with Crippen LogP contribution in [0.3, 0.4) is 0 Å². The van der Waals surface area contributed by atoms with Crippen molar-refractivity contribution >= 4 is 0 Å². The van der Waals surface area contributed by atoms with Crippen LogP contribution in [0.5, 0.6) is 0 Å². The normalized spacial score (nSPS) is 46.4. The molecule has 3 N–H and O–H groups in total. The molecule has 0 saturated carbocycles. The summed E-state index contributed by atoms with van der Waals surface area (Å²) in [4.78, 5) is 0. The summed E-state index contributed by atoms with van der Waals surface area (Å²) in [6.45, 7) is -0.0788. The lowest BCUT2D eigenvalue weighted by atomic mass is 9.61. The van der Waals surface area contributed by atoms with Crippen LogP contribution in [-0.2, 0) is 0 Å². The third kappa shape index (κ3) is 1.24. The highest BCUT2D eigenvalue weighted by Gasteiger charge is 2.48. The number of aliphatic hydroxyl groups is 3. The first-order valence-electron chi connectivity index (χ1n) is 5.01. The maximum Gasteiger partial charge on any atom is 0.0806 e. The summed E-state index contributed by atoms with van der Waals surface area (Å²) in [5.74, 6) is -0.0579. The molecule has 0 saturated heterocycles. The minimum absolute atomic E-state index is 0.0579. The Morgan fingerprint density at radius 2 is 2.00 bits per heavy atom. The molecule has 0 bridgehead atoms. The molecule has 4 unspecified atom stereocenters. The number of hydrogen-bond acceptors (Lipinski definition) is 3. The van der Waals surface area contributed by atoms with Crippen LogP contribution in [-0.4, -0.2) is 34.1 Å². The summed E-state index contributed by atoms with van der Waals surface area (Å²) in [6, 6.07) is 0. The fraction of sp³-hybridized carbons (Fsp3) is 0.636. The summed E-state index contributed by atoms with van der Waals surface area (Å²) < 4.78 is 0. The summed E-state index contributed by atoms with van der Waals surface area (Å²) >= 11 is 0. The monoisotopic (exact) mass is 196 g/mol. The van der Waals surface area contributed by atoms with Gasteiger partial charge in [0.25, 0.3) is 0 Å². The van der Waals surface area contributed by atoms with E-state index in [4.69, 9.17) is 0 Å². The van der Waals surface area contributed by atoms with Crippen molar-refractivity contribution in [3.8, 4) is 0 Å². The Balaban J connectivity index is 2.37. The summed E-state index contributed by atoms with van der Waals surface area (Å²) in [5.41, 5.74) is -0.567. The van der Waals surface area contributed by atoms with Gasteiger partial charge in [0.2, 0.25) is 0 Å². The Morgan fingerprint density at radius 1 is 1.21 bits per heavy atom. The van der Waals surface area contributed by atoms with Crippen LogP contribution in [0.15, 0.2) is 24.3 Å². The van der Waals surface area contributed by atoms with E-state index in [1.807, 2.05) is 12.2 Å². The van der Waals surface area contributed by atoms with E-state index in [9.17, 15) is 15.3 Å². The lowest BCUT2D eigenvalue weighted by molar-refractivity contribution is -0.0787. The van der Waals surface area contributed by atoms with Crippen molar-refractivity contribution in [2.75, 3.05) is 6.61 Å². The topological polar surface area (TPSA) is 60.7 Å². The van der Waals surface area contributed by atoms with Gasteiger partial charge in [-0.05, 0) is 12.8 Å². The molecule has 0 heterocycles. The first-order chi connectivity index (χ1) is 6.70. The second kappa shape index (κ2) is 3.50. The van der Waals surface area contributed by atoms with Crippen molar-refractivity contribution in [2.24, 2.45) is 11.3 Å². The van der Waals surface area contributed by atoms with Crippen LogP contribution in [0.1, 0.15) is 12.8 Å². The molecule has 0 fully saturated rings. The predicted octanol–water partition coefficient (Wildman–Crippen LogP) is 0.223. The molecule has 14 heavy (non-hydrogen) atoms. The second-order valence-corrected chi connectivity index (χ2v) is 4.23. The molecule has 0 aromatic heterocycles. The van der Waals surface area contributed by atoms with Crippen molar-refractivity contribution in [3.63, 3.8) is 0 Å². The van der Waals surface area contributed by atoms with Crippen molar-refractivity contribution in [3.05, 3.63) is 24.3 Å². The number of allylic oxidation sites excluding steroid dienone is 2. The lowest BCUT2D eigenvalue weighted by Gasteiger charge is -2.47. The Labute approximate surface area is 83.4 Å². The molecular formula is C11H16O3. The Kier molecular flexibility index (Phi) is 2.47. The second-order valence-electron chi connectivity index (χ2n) is 4.23. The van der Waals surface area contributed by atoms with Gasteiger partial charge >= 0.3 is 0 Å². The van der Waals surface area contributed by atoms with Gasteiger partial charge in [-0.3, -0.25) is 0 Å². The molecule has 0 radical (unpaired) electrons. The van der Waals surface area contributed by atoms with E-state index in [-0.39, 0.29) is 12.5 Å². The lowest BCUT2D eigenvalue weighted by Crippen LogP contribution is -2.51. The Morgan fingerprint density at radius 3 is 2.64 bits per heavy atom. The van der Waals surface area contributed by atoms with Crippen LogP contribution in [0, 0.1) is 11.3 Å². The largest absolute Gasteiger partial charge is 0.396 e. The van der Waals surface area contributed by atoms with Gasteiger partial charge in [-0.15, -0.1) is 0 Å². The Bertz CT molecular complexity index is 272. The molecule has 0 spiro atoms. The first kappa shape index (κ1) is 9.90. The molecule has 4 atom stereocenters. The van der Waals surface area contributed by atoms with Crippen molar-refractivity contribution in [1.29, 1.82) is 0 Å². The number of fused-ring (bicyclic) bond motifs is 1. The van der Waals surface area contributed by atoms with Crippen LogP contribution >= 0.6 is 0 Å². The summed E-state index contributed by atoms with van der Waals surface area (Å²) in [7, 11) is 0. The number of rotatable bonds is 1. The first-order valence-corrected chi connectivity index (χ1v) is 5.01. The molecule has 2 aliphatic rings. The average molecular weight is 196 g/mol. The van der Waals surface area contributed by atoms with Gasteiger partial charge in [0.15, 0.2) is 0 Å². The third-order valence-electron chi connectivity index (χ3n) is 3.58.